The molecule has 0 aromatic carbocycles. The van der Waals surface area contributed by atoms with Gasteiger partial charge in [-0.15, -0.1) is 0 Å². The molecule has 1 heterocycles. The van der Waals surface area contributed by atoms with Crippen molar-refractivity contribution < 1.29 is 0 Å². The predicted molar refractivity (Wildman–Crippen MR) is 57.1 cm³/mol. The first-order valence-electron chi connectivity index (χ1n) is 4.46. The fourth-order valence-electron chi connectivity index (χ4n) is 1.07. The lowest BCUT2D eigenvalue weighted by Crippen LogP contribution is -2.35. The van der Waals surface area contributed by atoms with Gasteiger partial charge in [0.15, 0.2) is 0 Å². The van der Waals surface area contributed by atoms with Crippen LogP contribution in [0.4, 0.5) is 0 Å². The highest BCUT2D eigenvalue weighted by Crippen LogP contribution is 2.19. The minimum Gasteiger partial charge on any atom is -0.372 e. The SMILES string of the molecule is CSC(C)(C)CNC1=NCCC1. The zero-order valence-electron chi connectivity index (χ0n) is 8.18. The Bertz CT molecular complexity index is 175. The van der Waals surface area contributed by atoms with Crippen LogP contribution in [0.2, 0.25) is 0 Å². The minimum absolute atomic E-state index is 0.325. The number of rotatable bonds is 3. The van der Waals surface area contributed by atoms with Crippen LogP contribution in [-0.4, -0.2) is 29.9 Å². The van der Waals surface area contributed by atoms with E-state index in [2.05, 4.69) is 30.4 Å². The standard InChI is InChI=1S/C9H18N2S/c1-9(2,12-3)7-11-8-5-4-6-10-8/h4-7H2,1-3H3,(H,10,11). The molecular weight excluding hydrogens is 168 g/mol. The average molecular weight is 186 g/mol. The van der Waals surface area contributed by atoms with Gasteiger partial charge in [-0.3, -0.25) is 4.99 Å². The summed E-state index contributed by atoms with van der Waals surface area (Å²) >= 11 is 1.89. The highest BCUT2D eigenvalue weighted by atomic mass is 32.2. The summed E-state index contributed by atoms with van der Waals surface area (Å²) in [6.07, 6.45) is 4.52. The fraction of sp³-hybridized carbons (Fsp3) is 0.889. The minimum atomic E-state index is 0.325. The number of hydrogen-bond donors (Lipinski definition) is 1. The summed E-state index contributed by atoms with van der Waals surface area (Å²) in [5.41, 5.74) is 0. The van der Waals surface area contributed by atoms with Crippen LogP contribution in [0.25, 0.3) is 0 Å². The quantitative estimate of drug-likeness (QED) is 0.728. The lowest BCUT2D eigenvalue weighted by molar-refractivity contribution is 0.676. The van der Waals surface area contributed by atoms with Crippen LogP contribution in [0.3, 0.4) is 0 Å². The van der Waals surface area contributed by atoms with Gasteiger partial charge in [0.2, 0.25) is 0 Å². The molecule has 3 heteroatoms. The molecule has 0 amide bonds. The Hall–Kier alpha value is -0.180. The lowest BCUT2D eigenvalue weighted by Gasteiger charge is -2.22. The molecule has 1 aliphatic rings. The van der Waals surface area contributed by atoms with Gasteiger partial charge >= 0.3 is 0 Å². The van der Waals surface area contributed by atoms with E-state index in [-0.39, 0.29) is 0 Å². The molecule has 0 saturated heterocycles. The zero-order valence-corrected chi connectivity index (χ0v) is 9.00. The molecule has 0 radical (unpaired) electrons. The number of nitrogens with one attached hydrogen (secondary N) is 1. The summed E-state index contributed by atoms with van der Waals surface area (Å²) < 4.78 is 0.325. The third-order valence-corrected chi connectivity index (χ3v) is 3.39. The first-order valence-corrected chi connectivity index (χ1v) is 5.69. The van der Waals surface area contributed by atoms with Crippen LogP contribution in [0.15, 0.2) is 4.99 Å². The van der Waals surface area contributed by atoms with E-state index in [0.717, 1.165) is 19.5 Å². The van der Waals surface area contributed by atoms with Crippen LogP contribution in [0, 0.1) is 0 Å². The van der Waals surface area contributed by atoms with E-state index in [1.54, 1.807) is 0 Å². The van der Waals surface area contributed by atoms with Gasteiger partial charge in [-0.1, -0.05) is 0 Å². The van der Waals surface area contributed by atoms with Gasteiger partial charge in [0, 0.05) is 24.3 Å². The summed E-state index contributed by atoms with van der Waals surface area (Å²) in [4.78, 5) is 4.37. The molecule has 1 aliphatic heterocycles. The van der Waals surface area contributed by atoms with E-state index >= 15 is 0 Å². The van der Waals surface area contributed by atoms with Gasteiger partial charge in [-0.2, -0.15) is 11.8 Å². The Morgan fingerprint density at radius 1 is 1.58 bits per heavy atom. The molecule has 0 bridgehead atoms. The maximum atomic E-state index is 4.37. The smallest absolute Gasteiger partial charge is 0.0964 e. The van der Waals surface area contributed by atoms with Crippen molar-refractivity contribution in [2.75, 3.05) is 19.3 Å². The molecule has 0 spiro atoms. The summed E-state index contributed by atoms with van der Waals surface area (Å²) in [5, 5.41) is 3.40. The largest absolute Gasteiger partial charge is 0.372 e. The van der Waals surface area contributed by atoms with Crippen LogP contribution >= 0.6 is 11.8 Å². The molecule has 1 rings (SSSR count). The van der Waals surface area contributed by atoms with Crippen LogP contribution in [0.5, 0.6) is 0 Å². The summed E-state index contributed by atoms with van der Waals surface area (Å²) in [5.74, 6) is 1.21. The maximum absolute atomic E-state index is 4.37. The van der Waals surface area contributed by atoms with Crippen molar-refractivity contribution in [3.8, 4) is 0 Å². The van der Waals surface area contributed by atoms with Crippen molar-refractivity contribution in [3.63, 3.8) is 0 Å². The molecular formula is C9H18N2S. The van der Waals surface area contributed by atoms with E-state index in [1.165, 1.54) is 12.3 Å². The van der Waals surface area contributed by atoms with Gasteiger partial charge < -0.3 is 5.32 Å². The molecule has 12 heavy (non-hydrogen) atoms. The van der Waals surface area contributed by atoms with E-state index in [4.69, 9.17) is 0 Å². The predicted octanol–water partition coefficient (Wildman–Crippen LogP) is 1.91. The Kier molecular flexibility index (Phi) is 3.44. The monoisotopic (exact) mass is 186 g/mol. The van der Waals surface area contributed by atoms with Gasteiger partial charge in [0.1, 0.15) is 0 Å². The van der Waals surface area contributed by atoms with E-state index in [1.807, 2.05) is 11.8 Å². The molecule has 70 valence electrons. The lowest BCUT2D eigenvalue weighted by atomic mass is 10.2. The van der Waals surface area contributed by atoms with Crippen molar-refractivity contribution in [2.24, 2.45) is 4.99 Å². The second-order valence-electron chi connectivity index (χ2n) is 3.75. The van der Waals surface area contributed by atoms with Crippen molar-refractivity contribution in [1.29, 1.82) is 0 Å². The third-order valence-electron chi connectivity index (χ3n) is 2.15. The Morgan fingerprint density at radius 2 is 2.33 bits per heavy atom. The number of nitrogens with zero attached hydrogens (tertiary/aromatic N) is 1. The van der Waals surface area contributed by atoms with Crippen LogP contribution in [-0.2, 0) is 0 Å². The van der Waals surface area contributed by atoms with Crippen molar-refractivity contribution in [2.45, 2.75) is 31.4 Å². The Labute approximate surface area is 79.2 Å². The molecule has 0 atom stereocenters. The average Bonchev–Trinajstić information content (AvgIpc) is 2.53. The Balaban J connectivity index is 2.24. The molecule has 0 aromatic heterocycles. The Morgan fingerprint density at radius 3 is 2.83 bits per heavy atom. The number of aliphatic imine (C=N–C) groups is 1. The van der Waals surface area contributed by atoms with E-state index in [9.17, 15) is 0 Å². The maximum Gasteiger partial charge on any atom is 0.0964 e. The highest BCUT2D eigenvalue weighted by Gasteiger charge is 2.16. The number of amidine groups is 1. The van der Waals surface area contributed by atoms with E-state index < -0.39 is 0 Å². The number of hydrogen-bond acceptors (Lipinski definition) is 3. The topological polar surface area (TPSA) is 24.4 Å². The summed E-state index contributed by atoms with van der Waals surface area (Å²) in [6, 6.07) is 0. The zero-order chi connectivity index (χ0) is 9.03. The fourth-order valence-corrected chi connectivity index (χ4v) is 1.29. The highest BCUT2D eigenvalue weighted by molar-refractivity contribution is 7.99. The summed E-state index contributed by atoms with van der Waals surface area (Å²) in [7, 11) is 0. The van der Waals surface area contributed by atoms with Gasteiger partial charge in [-0.25, -0.2) is 0 Å². The molecule has 0 aliphatic carbocycles. The molecule has 0 unspecified atom stereocenters. The van der Waals surface area contributed by atoms with Crippen LogP contribution in [0.1, 0.15) is 26.7 Å². The molecule has 0 aromatic rings. The van der Waals surface area contributed by atoms with Crippen molar-refractivity contribution in [1.82, 2.24) is 5.32 Å². The molecule has 1 N–H and O–H groups in total. The first-order chi connectivity index (χ1) is 5.64. The molecule has 0 saturated carbocycles. The van der Waals surface area contributed by atoms with Gasteiger partial charge in [0.25, 0.3) is 0 Å². The summed E-state index contributed by atoms with van der Waals surface area (Å²) in [6.45, 7) is 6.54. The van der Waals surface area contributed by atoms with Gasteiger partial charge in [0.05, 0.1) is 5.84 Å². The normalized spacial score (nSPS) is 17.8. The number of thioether (sulfide) groups is 1. The third kappa shape index (κ3) is 3.05. The van der Waals surface area contributed by atoms with Gasteiger partial charge in [-0.05, 0) is 26.5 Å². The molecule has 0 fully saturated rings. The second-order valence-corrected chi connectivity index (χ2v) is 5.26. The van der Waals surface area contributed by atoms with Crippen LogP contribution < -0.4 is 5.32 Å². The first kappa shape index (κ1) is 9.90. The second kappa shape index (κ2) is 4.17. The van der Waals surface area contributed by atoms with Crippen molar-refractivity contribution in [3.05, 3.63) is 0 Å². The van der Waals surface area contributed by atoms with Crippen molar-refractivity contribution >= 4 is 17.6 Å². The molecule has 2 nitrogen and oxygen atoms in total. The van der Waals surface area contributed by atoms with E-state index in [0.29, 0.717) is 4.75 Å².